The van der Waals surface area contributed by atoms with Gasteiger partial charge in [-0.1, -0.05) is 63.0 Å². The van der Waals surface area contributed by atoms with Crippen molar-refractivity contribution in [2.24, 2.45) is 11.7 Å². The summed E-state index contributed by atoms with van der Waals surface area (Å²) in [5, 5.41) is 20.3. The van der Waals surface area contributed by atoms with Crippen molar-refractivity contribution in [1.82, 2.24) is 20.3 Å². The normalized spacial score (nSPS) is 15.3. The fourth-order valence-electron chi connectivity index (χ4n) is 5.00. The highest BCUT2D eigenvalue weighted by Crippen LogP contribution is 2.26. The van der Waals surface area contributed by atoms with E-state index in [0.717, 1.165) is 51.4 Å². The van der Waals surface area contributed by atoms with E-state index < -0.39 is 0 Å². The minimum atomic E-state index is -0.383. The first kappa shape index (κ1) is 29.4. The standard InChI is InChI=1S/C27H49N5O3/c28-19-12-11-16-25(32-22-24(18-21-33)30-31-32)27(35)29-20-13-6-4-2-1-3-5-10-17-26(34)23-14-8-7-9-15-23/h22-23,25,33H,1-21,28H2,(H,29,35)/t25-/m0/s1. The second kappa shape index (κ2) is 18.5. The summed E-state index contributed by atoms with van der Waals surface area (Å²) in [5.41, 5.74) is 6.30. The molecule has 8 heteroatoms. The topological polar surface area (TPSA) is 123 Å². The summed E-state index contributed by atoms with van der Waals surface area (Å²) in [4.78, 5) is 25.0. The molecule has 1 saturated carbocycles. The molecule has 2 rings (SSSR count). The average Bonchev–Trinajstić information content (AvgIpc) is 3.33. The van der Waals surface area contributed by atoms with Gasteiger partial charge in [-0.2, -0.15) is 0 Å². The quantitative estimate of drug-likeness (QED) is 0.234. The van der Waals surface area contributed by atoms with Crippen molar-refractivity contribution in [2.75, 3.05) is 19.7 Å². The van der Waals surface area contributed by atoms with Gasteiger partial charge in [-0.05, 0) is 51.5 Å². The van der Waals surface area contributed by atoms with Crippen LogP contribution in [0.5, 0.6) is 0 Å². The molecule has 1 aromatic heterocycles. The summed E-state index contributed by atoms with van der Waals surface area (Å²) < 4.78 is 1.62. The van der Waals surface area contributed by atoms with E-state index in [1.54, 1.807) is 10.9 Å². The third-order valence-electron chi connectivity index (χ3n) is 7.19. The van der Waals surface area contributed by atoms with Crippen LogP contribution >= 0.6 is 0 Å². The number of Topliss-reactive ketones (excluding diaryl/α,β-unsaturated/α-hetero) is 1. The molecule has 1 heterocycles. The number of nitrogens with one attached hydrogen (secondary N) is 1. The molecular weight excluding hydrogens is 442 g/mol. The van der Waals surface area contributed by atoms with Gasteiger partial charge in [0.15, 0.2) is 0 Å². The van der Waals surface area contributed by atoms with Crippen LogP contribution in [0, 0.1) is 5.92 Å². The maximum absolute atomic E-state index is 12.8. The van der Waals surface area contributed by atoms with Gasteiger partial charge in [-0.15, -0.1) is 5.10 Å². The number of hydrogen-bond donors (Lipinski definition) is 3. The number of unbranched alkanes of at least 4 members (excludes halogenated alkanes) is 8. The number of amides is 1. The van der Waals surface area contributed by atoms with Crippen LogP contribution in [0.1, 0.15) is 121 Å². The predicted molar refractivity (Wildman–Crippen MR) is 139 cm³/mol. The molecule has 0 aliphatic heterocycles. The van der Waals surface area contributed by atoms with E-state index in [2.05, 4.69) is 15.6 Å². The molecule has 0 bridgehead atoms. The molecule has 200 valence electrons. The van der Waals surface area contributed by atoms with E-state index in [1.807, 2.05) is 0 Å². The van der Waals surface area contributed by atoms with Crippen molar-refractivity contribution >= 4 is 11.7 Å². The van der Waals surface area contributed by atoms with Crippen molar-refractivity contribution in [2.45, 2.75) is 122 Å². The number of nitrogens with zero attached hydrogens (tertiary/aromatic N) is 3. The number of carbonyl (C=O) groups is 2. The lowest BCUT2D eigenvalue weighted by molar-refractivity contribution is -0.125. The SMILES string of the molecule is NCCCC[C@@H](C(=O)NCCCCCCCCCCC(=O)C1CCCCC1)n1cc(CCO)nn1. The van der Waals surface area contributed by atoms with Gasteiger partial charge in [0.1, 0.15) is 11.8 Å². The Morgan fingerprint density at radius 3 is 2.37 bits per heavy atom. The fraction of sp³-hybridized carbons (Fsp3) is 0.852. The molecule has 1 aromatic rings. The van der Waals surface area contributed by atoms with Gasteiger partial charge in [-0.25, -0.2) is 4.68 Å². The second-order valence-electron chi connectivity index (χ2n) is 10.1. The number of ketones is 1. The van der Waals surface area contributed by atoms with Gasteiger partial charge in [0.2, 0.25) is 5.91 Å². The van der Waals surface area contributed by atoms with Crippen LogP contribution in [0.15, 0.2) is 6.20 Å². The minimum absolute atomic E-state index is 0.0167. The highest BCUT2D eigenvalue weighted by atomic mass is 16.3. The first-order chi connectivity index (χ1) is 17.2. The zero-order chi connectivity index (χ0) is 25.1. The maximum Gasteiger partial charge on any atom is 0.244 e. The Labute approximate surface area is 211 Å². The van der Waals surface area contributed by atoms with E-state index >= 15 is 0 Å². The first-order valence-electron chi connectivity index (χ1n) is 14.2. The Morgan fingerprint density at radius 1 is 1.00 bits per heavy atom. The Kier molecular flexibility index (Phi) is 15.5. The third kappa shape index (κ3) is 12.1. The second-order valence-corrected chi connectivity index (χ2v) is 10.1. The Morgan fingerprint density at radius 2 is 1.69 bits per heavy atom. The molecule has 1 aliphatic carbocycles. The van der Waals surface area contributed by atoms with Crippen LogP contribution in [0.3, 0.4) is 0 Å². The van der Waals surface area contributed by atoms with Crippen molar-refractivity contribution in [1.29, 1.82) is 0 Å². The van der Waals surface area contributed by atoms with Crippen molar-refractivity contribution in [3.05, 3.63) is 11.9 Å². The fourth-order valence-corrected chi connectivity index (χ4v) is 5.00. The van der Waals surface area contributed by atoms with Crippen LogP contribution in [-0.2, 0) is 16.0 Å². The highest BCUT2D eigenvalue weighted by Gasteiger charge is 2.22. The van der Waals surface area contributed by atoms with Gasteiger partial charge >= 0.3 is 0 Å². The van der Waals surface area contributed by atoms with Gasteiger partial charge in [0.25, 0.3) is 0 Å². The van der Waals surface area contributed by atoms with E-state index in [9.17, 15) is 9.59 Å². The molecule has 0 saturated heterocycles. The van der Waals surface area contributed by atoms with E-state index in [4.69, 9.17) is 10.8 Å². The molecule has 35 heavy (non-hydrogen) atoms. The summed E-state index contributed by atoms with van der Waals surface area (Å²) in [6, 6.07) is -0.383. The molecule has 0 spiro atoms. The number of rotatable bonds is 20. The molecule has 0 radical (unpaired) electrons. The molecular formula is C27H49N5O3. The predicted octanol–water partition coefficient (Wildman–Crippen LogP) is 4.26. The number of carbonyl (C=O) groups excluding carboxylic acids is 2. The van der Waals surface area contributed by atoms with Crippen molar-refractivity contribution in [3.63, 3.8) is 0 Å². The summed E-state index contributed by atoms with van der Waals surface area (Å²) in [6.45, 7) is 1.30. The Hall–Kier alpha value is -1.80. The molecule has 0 aromatic carbocycles. The first-order valence-corrected chi connectivity index (χ1v) is 14.2. The lowest BCUT2D eigenvalue weighted by Crippen LogP contribution is -2.33. The Balaban J connectivity index is 1.51. The zero-order valence-electron chi connectivity index (χ0n) is 21.8. The number of aliphatic hydroxyl groups excluding tert-OH is 1. The molecule has 1 atom stereocenters. The number of hydrogen-bond acceptors (Lipinski definition) is 6. The van der Waals surface area contributed by atoms with Gasteiger partial charge in [-0.3, -0.25) is 9.59 Å². The van der Waals surface area contributed by atoms with Crippen LogP contribution in [0.2, 0.25) is 0 Å². The van der Waals surface area contributed by atoms with Crippen LogP contribution in [0.4, 0.5) is 0 Å². The van der Waals surface area contributed by atoms with Crippen molar-refractivity contribution < 1.29 is 14.7 Å². The number of aromatic nitrogens is 3. The lowest BCUT2D eigenvalue weighted by Gasteiger charge is -2.20. The van der Waals surface area contributed by atoms with Gasteiger partial charge < -0.3 is 16.2 Å². The van der Waals surface area contributed by atoms with Crippen molar-refractivity contribution in [3.8, 4) is 0 Å². The molecule has 8 nitrogen and oxygen atoms in total. The zero-order valence-corrected chi connectivity index (χ0v) is 21.8. The van der Waals surface area contributed by atoms with Crippen LogP contribution in [-0.4, -0.2) is 51.5 Å². The van der Waals surface area contributed by atoms with E-state index in [0.29, 0.717) is 43.3 Å². The van der Waals surface area contributed by atoms with Gasteiger partial charge in [0.05, 0.1) is 5.69 Å². The summed E-state index contributed by atoms with van der Waals surface area (Å²) >= 11 is 0. The third-order valence-corrected chi connectivity index (χ3v) is 7.19. The largest absolute Gasteiger partial charge is 0.396 e. The van der Waals surface area contributed by atoms with E-state index in [1.165, 1.54) is 51.4 Å². The summed E-state index contributed by atoms with van der Waals surface area (Å²) in [6.07, 6.45) is 20.6. The molecule has 1 amide bonds. The van der Waals surface area contributed by atoms with Crippen LogP contribution in [0.25, 0.3) is 0 Å². The number of nitrogens with two attached hydrogens (primary N) is 1. The van der Waals surface area contributed by atoms with Crippen LogP contribution < -0.4 is 11.1 Å². The summed E-state index contributed by atoms with van der Waals surface area (Å²) in [5.74, 6) is 0.860. The smallest absolute Gasteiger partial charge is 0.244 e. The molecule has 1 fully saturated rings. The highest BCUT2D eigenvalue weighted by molar-refractivity contribution is 5.81. The Bertz CT molecular complexity index is 703. The molecule has 0 unspecified atom stereocenters. The summed E-state index contributed by atoms with van der Waals surface area (Å²) in [7, 11) is 0. The number of aliphatic hydroxyl groups is 1. The maximum atomic E-state index is 12.8. The average molecular weight is 492 g/mol. The molecule has 1 aliphatic rings. The lowest BCUT2D eigenvalue weighted by atomic mass is 9.84. The van der Waals surface area contributed by atoms with E-state index in [-0.39, 0.29) is 18.6 Å². The monoisotopic (exact) mass is 491 g/mol. The molecule has 4 N–H and O–H groups in total. The minimum Gasteiger partial charge on any atom is -0.396 e. The van der Waals surface area contributed by atoms with Gasteiger partial charge in [0, 0.05) is 38.1 Å².